The summed E-state index contributed by atoms with van der Waals surface area (Å²) in [7, 11) is -3.48. The Morgan fingerprint density at radius 3 is 2.52 bits per heavy atom. The Kier molecular flexibility index (Phi) is 6.58. The second kappa shape index (κ2) is 7.73. The summed E-state index contributed by atoms with van der Waals surface area (Å²) in [6.45, 7) is 13.7. The van der Waals surface area contributed by atoms with Crippen LogP contribution in [0.5, 0.6) is 0 Å². The normalized spacial score (nSPS) is 11.9. The summed E-state index contributed by atoms with van der Waals surface area (Å²) in [5.41, 5.74) is 2.59. The van der Waals surface area contributed by atoms with Crippen molar-refractivity contribution in [1.82, 2.24) is 9.62 Å². The zero-order chi connectivity index (χ0) is 16.0. The Labute approximate surface area is 128 Å². The van der Waals surface area contributed by atoms with Gasteiger partial charge in [-0.1, -0.05) is 38.1 Å². The zero-order valence-corrected chi connectivity index (χ0v) is 14.3. The van der Waals surface area contributed by atoms with Gasteiger partial charge in [-0.05, 0) is 37.6 Å². The third-order valence-electron chi connectivity index (χ3n) is 3.25. The fourth-order valence-electron chi connectivity index (χ4n) is 2.11. The highest BCUT2D eigenvalue weighted by Crippen LogP contribution is 2.22. The van der Waals surface area contributed by atoms with Crippen LogP contribution in [0.25, 0.3) is 0 Å². The van der Waals surface area contributed by atoms with Crippen molar-refractivity contribution in [3.63, 3.8) is 0 Å². The standard InChI is InChI=1S/C16H26N2O2S/c1-6-17-11-15-9-8-14(5)16(10-15)21(19,20)18(7-2)12-13(3)4/h8-10,17H,3,6-7,11-12H2,1-2,4-5H3. The second-order valence-electron chi connectivity index (χ2n) is 5.27. The number of sulfonamides is 1. The van der Waals surface area contributed by atoms with Crippen molar-refractivity contribution in [1.29, 1.82) is 0 Å². The topological polar surface area (TPSA) is 49.4 Å². The van der Waals surface area contributed by atoms with Gasteiger partial charge in [-0.25, -0.2) is 8.42 Å². The molecule has 0 heterocycles. The van der Waals surface area contributed by atoms with Crippen LogP contribution < -0.4 is 5.32 Å². The van der Waals surface area contributed by atoms with E-state index in [4.69, 9.17) is 0 Å². The molecule has 1 rings (SSSR count). The third-order valence-corrected chi connectivity index (χ3v) is 5.31. The molecule has 0 saturated carbocycles. The van der Waals surface area contributed by atoms with Crippen molar-refractivity contribution in [3.05, 3.63) is 41.5 Å². The average molecular weight is 310 g/mol. The van der Waals surface area contributed by atoms with E-state index in [-0.39, 0.29) is 0 Å². The summed E-state index contributed by atoms with van der Waals surface area (Å²) in [5, 5.41) is 3.22. The summed E-state index contributed by atoms with van der Waals surface area (Å²) in [4.78, 5) is 0.390. The first-order valence-electron chi connectivity index (χ1n) is 7.27. The summed E-state index contributed by atoms with van der Waals surface area (Å²) >= 11 is 0. The summed E-state index contributed by atoms with van der Waals surface area (Å²) < 4.78 is 27.1. The van der Waals surface area contributed by atoms with E-state index < -0.39 is 10.0 Å². The average Bonchev–Trinajstić information content (AvgIpc) is 2.43. The van der Waals surface area contributed by atoms with Crippen LogP contribution in [0.2, 0.25) is 0 Å². The van der Waals surface area contributed by atoms with Crippen molar-refractivity contribution in [2.45, 2.75) is 39.1 Å². The van der Waals surface area contributed by atoms with Crippen LogP contribution in [0.1, 0.15) is 31.9 Å². The maximum Gasteiger partial charge on any atom is 0.243 e. The first-order valence-corrected chi connectivity index (χ1v) is 8.71. The van der Waals surface area contributed by atoms with Crippen molar-refractivity contribution >= 4 is 10.0 Å². The maximum absolute atomic E-state index is 12.8. The van der Waals surface area contributed by atoms with E-state index in [9.17, 15) is 8.42 Å². The van der Waals surface area contributed by atoms with E-state index in [1.54, 1.807) is 6.07 Å². The molecule has 0 bridgehead atoms. The molecule has 1 aromatic rings. The molecule has 21 heavy (non-hydrogen) atoms. The smallest absolute Gasteiger partial charge is 0.243 e. The Hall–Kier alpha value is -1.17. The molecule has 0 atom stereocenters. The third kappa shape index (κ3) is 4.66. The van der Waals surface area contributed by atoms with Crippen molar-refractivity contribution in [2.24, 2.45) is 0 Å². The summed E-state index contributed by atoms with van der Waals surface area (Å²) in [6.07, 6.45) is 0. The minimum Gasteiger partial charge on any atom is -0.313 e. The largest absolute Gasteiger partial charge is 0.313 e. The van der Waals surface area contributed by atoms with Crippen LogP contribution in [0, 0.1) is 6.92 Å². The predicted molar refractivity (Wildman–Crippen MR) is 87.8 cm³/mol. The minimum atomic E-state index is -3.48. The SMILES string of the molecule is C=C(C)CN(CC)S(=O)(=O)c1cc(CNCC)ccc1C. The molecule has 1 aromatic carbocycles. The van der Waals surface area contributed by atoms with Gasteiger partial charge in [-0.3, -0.25) is 0 Å². The van der Waals surface area contributed by atoms with Gasteiger partial charge in [0.15, 0.2) is 0 Å². The number of benzene rings is 1. The molecular formula is C16H26N2O2S. The highest BCUT2D eigenvalue weighted by Gasteiger charge is 2.24. The Balaban J connectivity index is 3.19. The van der Waals surface area contributed by atoms with Gasteiger partial charge in [0, 0.05) is 19.6 Å². The van der Waals surface area contributed by atoms with Crippen LogP contribution in [-0.2, 0) is 16.6 Å². The number of hydrogen-bond donors (Lipinski definition) is 1. The van der Waals surface area contributed by atoms with Gasteiger partial charge in [0.25, 0.3) is 0 Å². The number of rotatable bonds is 8. The number of nitrogens with zero attached hydrogens (tertiary/aromatic N) is 1. The lowest BCUT2D eigenvalue weighted by molar-refractivity contribution is 0.452. The molecule has 118 valence electrons. The minimum absolute atomic E-state index is 0.357. The molecule has 0 aliphatic heterocycles. The van der Waals surface area contributed by atoms with Crippen molar-refractivity contribution in [2.75, 3.05) is 19.6 Å². The van der Waals surface area contributed by atoms with Crippen LogP contribution in [0.3, 0.4) is 0 Å². The lowest BCUT2D eigenvalue weighted by Crippen LogP contribution is -2.32. The lowest BCUT2D eigenvalue weighted by atomic mass is 10.1. The highest BCUT2D eigenvalue weighted by molar-refractivity contribution is 7.89. The van der Waals surface area contributed by atoms with E-state index in [1.165, 1.54) is 4.31 Å². The van der Waals surface area contributed by atoms with Gasteiger partial charge in [0.1, 0.15) is 0 Å². The van der Waals surface area contributed by atoms with Crippen molar-refractivity contribution in [3.8, 4) is 0 Å². The monoisotopic (exact) mass is 310 g/mol. The predicted octanol–water partition coefficient (Wildman–Crippen LogP) is 2.69. The number of nitrogens with one attached hydrogen (secondary N) is 1. The lowest BCUT2D eigenvalue weighted by Gasteiger charge is -2.22. The van der Waals surface area contributed by atoms with E-state index in [1.807, 2.05) is 39.8 Å². The fourth-order valence-corrected chi connectivity index (χ4v) is 3.89. The molecule has 0 saturated heterocycles. The van der Waals surface area contributed by atoms with E-state index in [0.717, 1.165) is 23.2 Å². The molecule has 0 unspecified atom stereocenters. The quantitative estimate of drug-likeness (QED) is 0.751. The Morgan fingerprint density at radius 1 is 1.33 bits per heavy atom. The fraction of sp³-hybridized carbons (Fsp3) is 0.500. The Morgan fingerprint density at radius 2 is 2.00 bits per heavy atom. The van der Waals surface area contributed by atoms with Crippen LogP contribution >= 0.6 is 0 Å². The molecule has 0 aliphatic rings. The zero-order valence-electron chi connectivity index (χ0n) is 13.4. The molecular weight excluding hydrogens is 284 g/mol. The van der Waals surface area contributed by atoms with Crippen LogP contribution in [0.4, 0.5) is 0 Å². The van der Waals surface area contributed by atoms with Gasteiger partial charge in [0.2, 0.25) is 10.0 Å². The molecule has 0 radical (unpaired) electrons. The highest BCUT2D eigenvalue weighted by atomic mass is 32.2. The van der Waals surface area contributed by atoms with Gasteiger partial charge in [-0.2, -0.15) is 4.31 Å². The van der Waals surface area contributed by atoms with E-state index in [2.05, 4.69) is 11.9 Å². The molecule has 0 spiro atoms. The molecule has 1 N–H and O–H groups in total. The Bertz CT molecular complexity index is 594. The first-order chi connectivity index (χ1) is 9.82. The van der Waals surface area contributed by atoms with Gasteiger partial charge in [0.05, 0.1) is 4.90 Å². The summed E-state index contributed by atoms with van der Waals surface area (Å²) in [5.74, 6) is 0. The molecule has 0 fully saturated rings. The number of hydrogen-bond acceptors (Lipinski definition) is 3. The molecule has 0 aliphatic carbocycles. The van der Waals surface area contributed by atoms with Gasteiger partial charge in [-0.15, -0.1) is 0 Å². The maximum atomic E-state index is 12.8. The molecule has 5 heteroatoms. The number of likely N-dealkylation sites (N-methyl/N-ethyl adjacent to an activating group) is 1. The van der Waals surface area contributed by atoms with Crippen LogP contribution in [-0.4, -0.2) is 32.4 Å². The van der Waals surface area contributed by atoms with Gasteiger partial charge < -0.3 is 5.32 Å². The summed E-state index contributed by atoms with van der Waals surface area (Å²) in [6, 6.07) is 5.61. The van der Waals surface area contributed by atoms with E-state index >= 15 is 0 Å². The molecule has 0 aromatic heterocycles. The number of aryl methyl sites for hydroxylation is 1. The molecule has 4 nitrogen and oxygen atoms in total. The van der Waals surface area contributed by atoms with Crippen molar-refractivity contribution < 1.29 is 8.42 Å². The second-order valence-corrected chi connectivity index (χ2v) is 7.17. The first kappa shape index (κ1) is 17.9. The van der Waals surface area contributed by atoms with Crippen LogP contribution in [0.15, 0.2) is 35.2 Å². The molecule has 0 amide bonds. The van der Waals surface area contributed by atoms with Gasteiger partial charge >= 0.3 is 0 Å². The van der Waals surface area contributed by atoms with E-state index in [0.29, 0.717) is 24.5 Å².